The molecule has 1 saturated heterocycles. The molecule has 0 bridgehead atoms. The topological polar surface area (TPSA) is 112 Å². The van der Waals surface area contributed by atoms with E-state index in [0.29, 0.717) is 30.5 Å². The lowest BCUT2D eigenvalue weighted by Gasteiger charge is -2.27. The Morgan fingerprint density at radius 2 is 2.18 bits per heavy atom. The number of nitrogens with one attached hydrogen (secondary N) is 3. The minimum Gasteiger partial charge on any atom is -0.465 e. The van der Waals surface area contributed by atoms with Gasteiger partial charge in [0.05, 0.1) is 12.7 Å². The fraction of sp³-hybridized carbons (Fsp3) is 0.652. The van der Waals surface area contributed by atoms with Crippen LogP contribution in [-0.4, -0.2) is 81.7 Å². The van der Waals surface area contributed by atoms with E-state index in [2.05, 4.69) is 16.0 Å². The van der Waals surface area contributed by atoms with Crippen LogP contribution in [0.25, 0.3) is 0 Å². The molecule has 3 amide bonds. The van der Waals surface area contributed by atoms with Crippen LogP contribution in [0.15, 0.2) is 24.3 Å². The molecule has 0 radical (unpaired) electrons. The van der Waals surface area contributed by atoms with Gasteiger partial charge in [-0.25, -0.2) is 9.59 Å². The summed E-state index contributed by atoms with van der Waals surface area (Å²) in [7, 11) is 3.66. The number of carbonyl (C=O) groups is 2. The van der Waals surface area contributed by atoms with Crippen LogP contribution in [0.4, 0.5) is 9.59 Å². The zero-order chi connectivity index (χ0) is 24.1. The van der Waals surface area contributed by atoms with Crippen molar-refractivity contribution in [3.63, 3.8) is 0 Å². The second-order valence-corrected chi connectivity index (χ2v) is 8.78. The van der Waals surface area contributed by atoms with E-state index in [4.69, 9.17) is 26.2 Å². The van der Waals surface area contributed by atoms with Crippen LogP contribution in [0.1, 0.15) is 37.4 Å². The minimum absolute atomic E-state index is 0.146. The number of ether oxygens (including phenoxy) is 2. The third-order valence-corrected chi connectivity index (χ3v) is 6.01. The van der Waals surface area contributed by atoms with E-state index < -0.39 is 6.09 Å². The van der Waals surface area contributed by atoms with E-state index in [1.54, 1.807) is 18.0 Å². The zero-order valence-electron chi connectivity index (χ0n) is 19.5. The predicted octanol–water partition coefficient (Wildman–Crippen LogP) is 3.10. The Bertz CT molecular complexity index is 733. The SMILES string of the molecule is CN[C@H](CNC(=O)N(C)CC[C@@H](OCCNC(=O)O)c1cccc(Cl)c1)C[C@H]1CCCOC1. The Morgan fingerprint density at radius 3 is 2.85 bits per heavy atom. The number of hydrogen-bond acceptors (Lipinski definition) is 5. The van der Waals surface area contributed by atoms with Crippen molar-refractivity contribution < 1.29 is 24.2 Å². The number of halogens is 1. The molecule has 0 aliphatic carbocycles. The van der Waals surface area contributed by atoms with Crippen molar-refractivity contribution in [3.05, 3.63) is 34.9 Å². The van der Waals surface area contributed by atoms with Gasteiger partial charge in [0.15, 0.2) is 0 Å². The highest BCUT2D eigenvalue weighted by Crippen LogP contribution is 2.24. The van der Waals surface area contributed by atoms with Crippen LogP contribution in [0.3, 0.4) is 0 Å². The van der Waals surface area contributed by atoms with Crippen molar-refractivity contribution in [3.8, 4) is 0 Å². The molecule has 1 fully saturated rings. The maximum absolute atomic E-state index is 12.6. The monoisotopic (exact) mass is 484 g/mol. The highest BCUT2D eigenvalue weighted by Gasteiger charge is 2.20. The molecule has 33 heavy (non-hydrogen) atoms. The number of carbonyl (C=O) groups excluding carboxylic acids is 1. The molecule has 186 valence electrons. The number of urea groups is 1. The maximum atomic E-state index is 12.6. The first-order valence-corrected chi connectivity index (χ1v) is 11.8. The van der Waals surface area contributed by atoms with E-state index in [0.717, 1.165) is 31.6 Å². The molecular formula is C23H37ClN4O5. The van der Waals surface area contributed by atoms with E-state index in [1.165, 1.54) is 6.42 Å². The summed E-state index contributed by atoms with van der Waals surface area (Å²) in [6, 6.07) is 7.41. The second kappa shape index (κ2) is 15.0. The summed E-state index contributed by atoms with van der Waals surface area (Å²) >= 11 is 6.13. The molecule has 1 aromatic rings. The number of rotatable bonds is 13. The van der Waals surface area contributed by atoms with Gasteiger partial charge < -0.3 is 35.4 Å². The quantitative estimate of drug-likeness (QED) is 0.320. The Hall–Kier alpha value is -2.07. The number of amides is 3. The van der Waals surface area contributed by atoms with Gasteiger partial charge in [0, 0.05) is 51.0 Å². The van der Waals surface area contributed by atoms with Gasteiger partial charge in [-0.05, 0) is 56.3 Å². The molecule has 0 unspecified atom stereocenters. The molecule has 9 nitrogen and oxygen atoms in total. The number of likely N-dealkylation sites (N-methyl/N-ethyl adjacent to an activating group) is 1. The molecule has 2 rings (SSSR count). The average molecular weight is 485 g/mol. The Kier molecular flexibility index (Phi) is 12.3. The minimum atomic E-state index is -1.09. The second-order valence-electron chi connectivity index (χ2n) is 8.35. The smallest absolute Gasteiger partial charge is 0.404 e. The average Bonchev–Trinajstić information content (AvgIpc) is 2.81. The van der Waals surface area contributed by atoms with E-state index >= 15 is 0 Å². The molecule has 4 N–H and O–H groups in total. The highest BCUT2D eigenvalue weighted by molar-refractivity contribution is 6.30. The van der Waals surface area contributed by atoms with Crippen molar-refractivity contribution in [1.29, 1.82) is 0 Å². The first kappa shape index (κ1) is 27.2. The third-order valence-electron chi connectivity index (χ3n) is 5.77. The molecule has 1 aliphatic heterocycles. The van der Waals surface area contributed by atoms with Crippen molar-refractivity contribution in [2.45, 2.75) is 37.8 Å². The van der Waals surface area contributed by atoms with Crippen molar-refractivity contribution in [2.75, 3.05) is 53.6 Å². The molecule has 0 spiro atoms. The van der Waals surface area contributed by atoms with Gasteiger partial charge in [-0.1, -0.05) is 23.7 Å². The molecular weight excluding hydrogens is 448 g/mol. The third kappa shape index (κ3) is 10.6. The number of hydrogen-bond donors (Lipinski definition) is 4. The van der Waals surface area contributed by atoms with Gasteiger partial charge in [0.2, 0.25) is 0 Å². The summed E-state index contributed by atoms with van der Waals surface area (Å²) in [6.07, 6.45) is 2.37. The number of carboxylic acid groups (broad SMARTS) is 1. The summed E-state index contributed by atoms with van der Waals surface area (Å²) in [6.45, 7) is 3.05. The van der Waals surface area contributed by atoms with Crippen LogP contribution in [0.5, 0.6) is 0 Å². The van der Waals surface area contributed by atoms with Gasteiger partial charge >= 0.3 is 12.1 Å². The van der Waals surface area contributed by atoms with Crippen LogP contribution >= 0.6 is 11.6 Å². The lowest BCUT2D eigenvalue weighted by atomic mass is 9.94. The van der Waals surface area contributed by atoms with Crippen molar-refractivity contribution in [2.24, 2.45) is 5.92 Å². The normalized spacial score (nSPS) is 17.7. The van der Waals surface area contributed by atoms with Gasteiger partial charge in [-0.3, -0.25) is 0 Å². The first-order chi connectivity index (χ1) is 15.9. The van der Waals surface area contributed by atoms with Gasteiger partial charge in [0.1, 0.15) is 0 Å². The summed E-state index contributed by atoms with van der Waals surface area (Å²) < 4.78 is 11.5. The van der Waals surface area contributed by atoms with Crippen LogP contribution in [0.2, 0.25) is 5.02 Å². The predicted molar refractivity (Wildman–Crippen MR) is 128 cm³/mol. The number of nitrogens with zero attached hydrogens (tertiary/aromatic N) is 1. The molecule has 10 heteroatoms. The van der Waals surface area contributed by atoms with Crippen LogP contribution in [-0.2, 0) is 9.47 Å². The fourth-order valence-corrected chi connectivity index (χ4v) is 4.07. The first-order valence-electron chi connectivity index (χ1n) is 11.5. The lowest BCUT2D eigenvalue weighted by molar-refractivity contribution is 0.0441. The van der Waals surface area contributed by atoms with E-state index in [1.807, 2.05) is 25.2 Å². The molecule has 0 aromatic heterocycles. The molecule has 1 aromatic carbocycles. The van der Waals surface area contributed by atoms with Crippen LogP contribution < -0.4 is 16.0 Å². The van der Waals surface area contributed by atoms with Gasteiger partial charge in [-0.2, -0.15) is 0 Å². The molecule has 1 heterocycles. The maximum Gasteiger partial charge on any atom is 0.404 e. The summed E-state index contributed by atoms with van der Waals surface area (Å²) in [5.41, 5.74) is 0.886. The standard InChI is InChI=1S/C23H37ClN4O5/c1-25-20(13-17-5-4-11-32-16-17)15-27-22(29)28(2)10-8-21(33-12-9-26-23(30)31)18-6-3-7-19(24)14-18/h3,6-7,14,17,20-21,25-26H,4-5,8-13,15-16H2,1-2H3,(H,27,29)(H,30,31)/t17-,20+,21-/m1/s1. The largest absolute Gasteiger partial charge is 0.465 e. The Morgan fingerprint density at radius 1 is 1.36 bits per heavy atom. The molecule has 1 aliphatic rings. The molecule has 0 saturated carbocycles. The molecule has 3 atom stereocenters. The summed E-state index contributed by atoms with van der Waals surface area (Å²) in [4.78, 5) is 24.9. The van der Waals surface area contributed by atoms with Crippen LogP contribution in [0, 0.1) is 5.92 Å². The zero-order valence-corrected chi connectivity index (χ0v) is 20.3. The lowest BCUT2D eigenvalue weighted by Crippen LogP contribution is -2.45. The Balaban J connectivity index is 1.81. The van der Waals surface area contributed by atoms with Crippen molar-refractivity contribution in [1.82, 2.24) is 20.9 Å². The van der Waals surface area contributed by atoms with Gasteiger partial charge in [0.25, 0.3) is 0 Å². The van der Waals surface area contributed by atoms with E-state index in [-0.39, 0.29) is 31.3 Å². The summed E-state index contributed by atoms with van der Waals surface area (Å²) in [5, 5.41) is 17.9. The number of benzene rings is 1. The summed E-state index contributed by atoms with van der Waals surface area (Å²) in [5.74, 6) is 0.525. The highest BCUT2D eigenvalue weighted by atomic mass is 35.5. The van der Waals surface area contributed by atoms with E-state index in [9.17, 15) is 9.59 Å². The van der Waals surface area contributed by atoms with Gasteiger partial charge in [-0.15, -0.1) is 0 Å². The van der Waals surface area contributed by atoms with Crippen molar-refractivity contribution >= 4 is 23.7 Å². The fourth-order valence-electron chi connectivity index (χ4n) is 3.87. The Labute approximate surface area is 201 Å².